The van der Waals surface area contributed by atoms with Crippen LogP contribution in [-0.2, 0) is 6.54 Å². The molecule has 144 valence electrons. The predicted octanol–water partition coefficient (Wildman–Crippen LogP) is 4.02. The number of aromatic nitrogens is 1. The van der Waals surface area contributed by atoms with Gasteiger partial charge < -0.3 is 14.3 Å². The number of aliphatic imine (C=N–C) groups is 1. The van der Waals surface area contributed by atoms with Crippen LogP contribution in [0.4, 0.5) is 0 Å². The molecular formula is C20H19ClN4O2S. The van der Waals surface area contributed by atoms with E-state index in [4.69, 9.17) is 16.1 Å². The molecule has 3 aromatic rings. The van der Waals surface area contributed by atoms with Crippen LogP contribution in [0, 0.1) is 0 Å². The first kappa shape index (κ1) is 18.7. The summed E-state index contributed by atoms with van der Waals surface area (Å²) in [6.45, 7) is 2.11. The van der Waals surface area contributed by atoms with Gasteiger partial charge in [-0.25, -0.2) is 0 Å². The van der Waals surface area contributed by atoms with E-state index >= 15 is 0 Å². The van der Waals surface area contributed by atoms with E-state index in [1.54, 1.807) is 23.4 Å². The number of hydrogen-bond donors (Lipinski definition) is 0. The third-order valence-electron chi connectivity index (χ3n) is 4.61. The van der Waals surface area contributed by atoms with E-state index in [0.717, 1.165) is 35.7 Å². The third kappa shape index (κ3) is 3.68. The van der Waals surface area contributed by atoms with E-state index in [1.165, 1.54) is 11.3 Å². The van der Waals surface area contributed by atoms with Crippen molar-refractivity contribution in [1.82, 2.24) is 15.0 Å². The molecule has 8 heteroatoms. The molecule has 0 bridgehead atoms. The highest BCUT2D eigenvalue weighted by Crippen LogP contribution is 2.25. The molecule has 0 fully saturated rings. The molecule has 0 atom stereocenters. The number of amidine groups is 1. The lowest BCUT2D eigenvalue weighted by Crippen LogP contribution is -2.25. The number of thiophene rings is 1. The summed E-state index contributed by atoms with van der Waals surface area (Å²) in [4.78, 5) is 21.2. The van der Waals surface area contributed by atoms with Crippen molar-refractivity contribution in [3.05, 3.63) is 63.0 Å². The Kier molecular flexibility index (Phi) is 5.19. The number of benzene rings is 1. The number of likely N-dealkylation sites (N-methyl/N-ethyl adjacent to an activating group) is 1. The molecule has 0 spiro atoms. The summed E-state index contributed by atoms with van der Waals surface area (Å²) in [5.41, 5.74) is 2.78. The van der Waals surface area contributed by atoms with Crippen LogP contribution in [-0.4, -0.2) is 53.9 Å². The molecule has 1 aromatic carbocycles. The Morgan fingerprint density at radius 3 is 2.68 bits per heavy atom. The van der Waals surface area contributed by atoms with Gasteiger partial charge in [-0.2, -0.15) is 0 Å². The molecule has 3 heterocycles. The molecule has 0 radical (unpaired) electrons. The molecule has 0 saturated heterocycles. The largest absolute Gasteiger partial charge is 0.359 e. The molecule has 0 unspecified atom stereocenters. The van der Waals surface area contributed by atoms with Crippen LogP contribution in [0.1, 0.15) is 21.0 Å². The molecule has 1 aliphatic rings. The van der Waals surface area contributed by atoms with Crippen molar-refractivity contribution < 1.29 is 9.32 Å². The fourth-order valence-corrected chi connectivity index (χ4v) is 4.21. The Labute approximate surface area is 172 Å². The van der Waals surface area contributed by atoms with Crippen LogP contribution in [0.3, 0.4) is 0 Å². The van der Waals surface area contributed by atoms with E-state index in [9.17, 15) is 4.79 Å². The lowest BCUT2D eigenvalue weighted by molar-refractivity contribution is 0.0777. The Balaban J connectivity index is 1.45. The SMILES string of the molecule is CN(Cc1cc(-c2ccc(C3=NCCN3C)cc2)no1)C(=O)c1sccc1Cl. The van der Waals surface area contributed by atoms with Gasteiger partial charge in [-0.3, -0.25) is 9.79 Å². The van der Waals surface area contributed by atoms with E-state index in [0.29, 0.717) is 22.2 Å². The lowest BCUT2D eigenvalue weighted by atomic mass is 10.1. The number of rotatable bonds is 5. The number of carbonyl (C=O) groups is 1. The summed E-state index contributed by atoms with van der Waals surface area (Å²) in [5.74, 6) is 1.49. The van der Waals surface area contributed by atoms with Crippen LogP contribution in [0.25, 0.3) is 11.3 Å². The molecule has 0 saturated carbocycles. The highest BCUT2D eigenvalue weighted by atomic mass is 35.5. The van der Waals surface area contributed by atoms with Gasteiger partial charge in [0.1, 0.15) is 16.4 Å². The standard InChI is InChI=1S/C20H19ClN4O2S/c1-24-9-8-22-19(24)14-5-3-13(4-6-14)17-11-15(27-23-17)12-25(2)20(26)18-16(21)7-10-28-18/h3-7,10-11H,8-9,12H2,1-2H3. The van der Waals surface area contributed by atoms with Crippen molar-refractivity contribution in [3.63, 3.8) is 0 Å². The molecular weight excluding hydrogens is 396 g/mol. The molecule has 2 aromatic heterocycles. The second-order valence-electron chi connectivity index (χ2n) is 6.64. The van der Waals surface area contributed by atoms with Gasteiger partial charge in [-0.05, 0) is 11.4 Å². The Bertz CT molecular complexity index is 1030. The predicted molar refractivity (Wildman–Crippen MR) is 111 cm³/mol. The number of nitrogens with zero attached hydrogens (tertiary/aromatic N) is 4. The Hall–Kier alpha value is -2.64. The Morgan fingerprint density at radius 1 is 1.29 bits per heavy atom. The molecule has 4 rings (SSSR count). The molecule has 6 nitrogen and oxygen atoms in total. The van der Waals surface area contributed by atoms with Gasteiger partial charge in [0.05, 0.1) is 18.1 Å². The first-order chi connectivity index (χ1) is 13.5. The average Bonchev–Trinajstić information content (AvgIpc) is 3.43. The maximum Gasteiger partial charge on any atom is 0.265 e. The minimum Gasteiger partial charge on any atom is -0.359 e. The van der Waals surface area contributed by atoms with Crippen molar-refractivity contribution >= 4 is 34.7 Å². The monoisotopic (exact) mass is 414 g/mol. The van der Waals surface area contributed by atoms with Crippen LogP contribution in [0.15, 0.2) is 51.3 Å². The maximum absolute atomic E-state index is 12.5. The first-order valence-corrected chi connectivity index (χ1v) is 10.1. The van der Waals surface area contributed by atoms with Gasteiger partial charge >= 0.3 is 0 Å². The summed E-state index contributed by atoms with van der Waals surface area (Å²) in [5, 5.41) is 6.41. The molecule has 0 N–H and O–H groups in total. The quantitative estimate of drug-likeness (QED) is 0.632. The zero-order valence-corrected chi connectivity index (χ0v) is 17.1. The van der Waals surface area contributed by atoms with Crippen molar-refractivity contribution in [2.75, 3.05) is 27.2 Å². The minimum atomic E-state index is -0.135. The van der Waals surface area contributed by atoms with Gasteiger partial charge in [0.25, 0.3) is 5.91 Å². The highest BCUT2D eigenvalue weighted by molar-refractivity contribution is 7.12. The van der Waals surface area contributed by atoms with Crippen LogP contribution >= 0.6 is 22.9 Å². The number of hydrogen-bond acceptors (Lipinski definition) is 6. The van der Waals surface area contributed by atoms with Crippen LogP contribution in [0.2, 0.25) is 5.02 Å². The third-order valence-corrected chi connectivity index (χ3v) is 5.94. The van der Waals surface area contributed by atoms with Crippen molar-refractivity contribution in [3.8, 4) is 11.3 Å². The topological polar surface area (TPSA) is 61.9 Å². The highest BCUT2D eigenvalue weighted by Gasteiger charge is 2.19. The maximum atomic E-state index is 12.5. The summed E-state index contributed by atoms with van der Waals surface area (Å²) in [7, 11) is 3.76. The van der Waals surface area contributed by atoms with Gasteiger partial charge in [0.15, 0.2) is 5.76 Å². The lowest BCUT2D eigenvalue weighted by Gasteiger charge is -2.14. The fourth-order valence-electron chi connectivity index (χ4n) is 3.08. The van der Waals surface area contributed by atoms with E-state index < -0.39 is 0 Å². The molecule has 1 aliphatic heterocycles. The van der Waals surface area contributed by atoms with Crippen LogP contribution in [0.5, 0.6) is 0 Å². The van der Waals surface area contributed by atoms with Crippen LogP contribution < -0.4 is 0 Å². The fraction of sp³-hybridized carbons (Fsp3) is 0.250. The minimum absolute atomic E-state index is 0.135. The molecule has 1 amide bonds. The summed E-state index contributed by atoms with van der Waals surface area (Å²) in [6.07, 6.45) is 0. The second-order valence-corrected chi connectivity index (χ2v) is 7.96. The number of halogens is 1. The summed E-state index contributed by atoms with van der Waals surface area (Å²) in [6, 6.07) is 11.7. The summed E-state index contributed by atoms with van der Waals surface area (Å²) >= 11 is 7.38. The number of carbonyl (C=O) groups excluding carboxylic acids is 1. The average molecular weight is 415 g/mol. The Morgan fingerprint density at radius 2 is 2.04 bits per heavy atom. The van der Waals surface area contributed by atoms with E-state index in [2.05, 4.69) is 15.0 Å². The van der Waals surface area contributed by atoms with E-state index in [1.807, 2.05) is 37.4 Å². The normalized spacial score (nSPS) is 13.7. The van der Waals surface area contributed by atoms with Crippen molar-refractivity contribution in [2.45, 2.75) is 6.54 Å². The first-order valence-electron chi connectivity index (χ1n) is 8.83. The summed E-state index contributed by atoms with van der Waals surface area (Å²) < 4.78 is 5.43. The van der Waals surface area contributed by atoms with Crippen molar-refractivity contribution in [2.24, 2.45) is 4.99 Å². The zero-order chi connectivity index (χ0) is 19.7. The molecule has 28 heavy (non-hydrogen) atoms. The smallest absolute Gasteiger partial charge is 0.265 e. The molecule has 0 aliphatic carbocycles. The van der Waals surface area contributed by atoms with Gasteiger partial charge in [-0.15, -0.1) is 11.3 Å². The number of amides is 1. The second kappa shape index (κ2) is 7.77. The van der Waals surface area contributed by atoms with Gasteiger partial charge in [0, 0.05) is 37.8 Å². The van der Waals surface area contributed by atoms with Gasteiger partial charge in [-0.1, -0.05) is 41.0 Å². The zero-order valence-electron chi connectivity index (χ0n) is 15.6. The van der Waals surface area contributed by atoms with Crippen molar-refractivity contribution in [1.29, 1.82) is 0 Å². The van der Waals surface area contributed by atoms with Gasteiger partial charge in [0.2, 0.25) is 0 Å². The van der Waals surface area contributed by atoms with E-state index in [-0.39, 0.29) is 5.91 Å².